The average Bonchev–Trinajstić information content (AvgIpc) is 2.61. The highest BCUT2D eigenvalue weighted by Gasteiger charge is 2.20. The molecular weight excluding hydrogens is 352 g/mol. The summed E-state index contributed by atoms with van der Waals surface area (Å²) in [6.07, 6.45) is 2.28. The van der Waals surface area contributed by atoms with Crippen LogP contribution in [-0.2, 0) is 0 Å². The molecule has 1 amide bonds. The summed E-state index contributed by atoms with van der Waals surface area (Å²) < 4.78 is 0. The number of carboxylic acid groups (broad SMARTS) is 1. The Morgan fingerprint density at radius 2 is 2.04 bits per heavy atom. The Kier molecular flexibility index (Phi) is 5.47. The van der Waals surface area contributed by atoms with Crippen LogP contribution in [0.1, 0.15) is 40.5 Å². The van der Waals surface area contributed by atoms with Crippen molar-refractivity contribution >= 4 is 34.9 Å². The molecule has 136 valence electrons. The predicted molar refractivity (Wildman–Crippen MR) is 103 cm³/mol. The highest BCUT2D eigenvalue weighted by atomic mass is 35.5. The van der Waals surface area contributed by atoms with Crippen LogP contribution < -0.4 is 10.2 Å². The molecule has 0 aliphatic carbocycles. The summed E-state index contributed by atoms with van der Waals surface area (Å²) in [5.41, 5.74) is 1.60. The molecule has 0 spiro atoms. The van der Waals surface area contributed by atoms with Gasteiger partial charge in [-0.3, -0.25) is 4.79 Å². The van der Waals surface area contributed by atoms with Crippen molar-refractivity contribution < 1.29 is 14.7 Å². The Morgan fingerprint density at radius 3 is 2.73 bits per heavy atom. The van der Waals surface area contributed by atoms with Crippen LogP contribution in [-0.4, -0.2) is 30.1 Å². The maximum absolute atomic E-state index is 12.4. The fourth-order valence-electron chi connectivity index (χ4n) is 3.26. The number of hydrogen-bond acceptors (Lipinski definition) is 3. The van der Waals surface area contributed by atoms with E-state index < -0.39 is 11.9 Å². The molecule has 3 rings (SSSR count). The Balaban J connectivity index is 1.85. The van der Waals surface area contributed by atoms with Crippen LogP contribution in [0.25, 0.3) is 0 Å². The van der Waals surface area contributed by atoms with Crippen molar-refractivity contribution in [3.63, 3.8) is 0 Å². The molecule has 26 heavy (non-hydrogen) atoms. The highest BCUT2D eigenvalue weighted by molar-refractivity contribution is 6.31. The summed E-state index contributed by atoms with van der Waals surface area (Å²) in [7, 11) is 0. The summed E-state index contributed by atoms with van der Waals surface area (Å²) in [5, 5.41) is 12.7. The number of amides is 1. The summed E-state index contributed by atoms with van der Waals surface area (Å²) in [6.45, 7) is 4.02. The second-order valence-electron chi connectivity index (χ2n) is 6.69. The summed E-state index contributed by atoms with van der Waals surface area (Å²) in [4.78, 5) is 26.3. The minimum Gasteiger partial charge on any atom is -0.478 e. The number of rotatable bonds is 4. The van der Waals surface area contributed by atoms with Crippen molar-refractivity contribution in [2.75, 3.05) is 23.3 Å². The number of nitrogens with zero attached hydrogens (tertiary/aromatic N) is 1. The van der Waals surface area contributed by atoms with Crippen molar-refractivity contribution in [3.05, 3.63) is 58.6 Å². The molecule has 1 heterocycles. The van der Waals surface area contributed by atoms with Gasteiger partial charge in [-0.15, -0.1) is 0 Å². The summed E-state index contributed by atoms with van der Waals surface area (Å²) >= 11 is 5.91. The second kappa shape index (κ2) is 7.79. The van der Waals surface area contributed by atoms with E-state index in [4.69, 9.17) is 11.6 Å². The fourth-order valence-corrected chi connectivity index (χ4v) is 3.45. The van der Waals surface area contributed by atoms with Gasteiger partial charge in [-0.2, -0.15) is 0 Å². The predicted octanol–water partition coefficient (Wildman–Crippen LogP) is 4.53. The second-order valence-corrected chi connectivity index (χ2v) is 7.13. The van der Waals surface area contributed by atoms with Crippen LogP contribution in [0.5, 0.6) is 0 Å². The third-order valence-electron chi connectivity index (χ3n) is 4.59. The first-order valence-electron chi connectivity index (χ1n) is 8.63. The van der Waals surface area contributed by atoms with E-state index in [-0.39, 0.29) is 11.3 Å². The van der Waals surface area contributed by atoms with Crippen LogP contribution in [0.2, 0.25) is 5.02 Å². The number of anilines is 2. The van der Waals surface area contributed by atoms with E-state index in [1.807, 2.05) is 6.07 Å². The van der Waals surface area contributed by atoms with Gasteiger partial charge < -0.3 is 15.3 Å². The number of carboxylic acids is 1. The molecule has 1 atom stereocenters. The quantitative estimate of drug-likeness (QED) is 0.827. The van der Waals surface area contributed by atoms with Gasteiger partial charge in [0.25, 0.3) is 5.91 Å². The molecule has 5 nitrogen and oxygen atoms in total. The number of halogens is 1. The molecule has 0 unspecified atom stereocenters. The van der Waals surface area contributed by atoms with Crippen molar-refractivity contribution in [3.8, 4) is 0 Å². The molecule has 1 fully saturated rings. The van der Waals surface area contributed by atoms with E-state index >= 15 is 0 Å². The van der Waals surface area contributed by atoms with Crippen molar-refractivity contribution in [2.24, 2.45) is 5.92 Å². The lowest BCUT2D eigenvalue weighted by Gasteiger charge is -2.33. The molecule has 0 radical (unpaired) electrons. The SMILES string of the molecule is C[C@H]1CCCN(c2ccc(NC(=O)c3cccc(Cl)c3)c(C(=O)O)c2)C1. The molecule has 2 N–H and O–H groups in total. The average molecular weight is 373 g/mol. The lowest BCUT2D eigenvalue weighted by molar-refractivity contribution is 0.0698. The number of nitrogens with one attached hydrogen (secondary N) is 1. The summed E-state index contributed by atoms with van der Waals surface area (Å²) in [5.74, 6) is -0.883. The number of benzene rings is 2. The van der Waals surface area contributed by atoms with Gasteiger partial charge >= 0.3 is 5.97 Å². The summed E-state index contributed by atoms with van der Waals surface area (Å²) in [6, 6.07) is 11.7. The van der Waals surface area contributed by atoms with Crippen LogP contribution in [0.15, 0.2) is 42.5 Å². The minimum atomic E-state index is -1.07. The molecule has 0 bridgehead atoms. The molecular formula is C20H21ClN2O3. The third-order valence-corrected chi connectivity index (χ3v) is 4.83. The fraction of sp³-hybridized carbons (Fsp3) is 0.300. The van der Waals surface area contributed by atoms with Gasteiger partial charge in [0.2, 0.25) is 0 Å². The van der Waals surface area contributed by atoms with Crippen molar-refractivity contribution in [1.29, 1.82) is 0 Å². The molecule has 0 saturated carbocycles. The maximum Gasteiger partial charge on any atom is 0.337 e. The van der Waals surface area contributed by atoms with Gasteiger partial charge in [0.15, 0.2) is 0 Å². The van der Waals surface area contributed by atoms with E-state index in [2.05, 4.69) is 17.1 Å². The largest absolute Gasteiger partial charge is 0.478 e. The first-order chi connectivity index (χ1) is 12.4. The van der Waals surface area contributed by atoms with E-state index in [1.165, 1.54) is 6.42 Å². The third kappa shape index (κ3) is 4.17. The van der Waals surface area contributed by atoms with Crippen LogP contribution in [0.4, 0.5) is 11.4 Å². The Bertz CT molecular complexity index is 838. The lowest BCUT2D eigenvalue weighted by atomic mass is 9.99. The molecule has 2 aromatic rings. The van der Waals surface area contributed by atoms with E-state index in [1.54, 1.807) is 36.4 Å². The maximum atomic E-state index is 12.4. The number of aromatic carboxylic acids is 1. The van der Waals surface area contributed by atoms with Gasteiger partial charge in [-0.1, -0.05) is 24.6 Å². The van der Waals surface area contributed by atoms with Gasteiger partial charge in [0.1, 0.15) is 0 Å². The normalized spacial score (nSPS) is 17.0. The van der Waals surface area contributed by atoms with Crippen LogP contribution in [0, 0.1) is 5.92 Å². The lowest BCUT2D eigenvalue weighted by Crippen LogP contribution is -2.34. The topological polar surface area (TPSA) is 69.6 Å². The molecule has 1 aliphatic rings. The molecule has 0 aromatic heterocycles. The first kappa shape index (κ1) is 18.3. The smallest absolute Gasteiger partial charge is 0.337 e. The minimum absolute atomic E-state index is 0.0797. The van der Waals surface area contributed by atoms with E-state index in [9.17, 15) is 14.7 Å². The zero-order chi connectivity index (χ0) is 18.7. The number of carbonyl (C=O) groups is 2. The van der Waals surface area contributed by atoms with Crippen molar-refractivity contribution in [1.82, 2.24) is 0 Å². The van der Waals surface area contributed by atoms with E-state index in [0.29, 0.717) is 16.5 Å². The zero-order valence-corrected chi connectivity index (χ0v) is 15.3. The highest BCUT2D eigenvalue weighted by Crippen LogP contribution is 2.28. The Hall–Kier alpha value is -2.53. The van der Waals surface area contributed by atoms with Crippen LogP contribution >= 0.6 is 11.6 Å². The Labute approximate surface area is 157 Å². The van der Waals surface area contributed by atoms with Crippen molar-refractivity contribution in [2.45, 2.75) is 19.8 Å². The van der Waals surface area contributed by atoms with Gasteiger partial charge in [0.05, 0.1) is 11.3 Å². The number of piperidine rings is 1. The van der Waals surface area contributed by atoms with Gasteiger partial charge in [-0.05, 0) is 55.2 Å². The first-order valence-corrected chi connectivity index (χ1v) is 9.01. The standard InChI is InChI=1S/C20H21ClN2O3/c1-13-4-3-9-23(12-13)16-7-8-18(17(11-16)20(25)26)22-19(24)14-5-2-6-15(21)10-14/h2,5-8,10-11,13H,3-4,9,12H2,1H3,(H,22,24)(H,25,26)/t13-/m0/s1. The Morgan fingerprint density at radius 1 is 1.23 bits per heavy atom. The molecule has 1 aliphatic heterocycles. The van der Waals surface area contributed by atoms with E-state index in [0.717, 1.165) is 25.2 Å². The van der Waals surface area contributed by atoms with Gasteiger partial charge in [-0.25, -0.2) is 4.79 Å². The molecule has 1 saturated heterocycles. The molecule has 2 aromatic carbocycles. The monoisotopic (exact) mass is 372 g/mol. The number of carbonyl (C=O) groups excluding carboxylic acids is 1. The number of hydrogen-bond donors (Lipinski definition) is 2. The molecule has 6 heteroatoms. The van der Waals surface area contributed by atoms with Gasteiger partial charge in [0, 0.05) is 29.4 Å². The zero-order valence-electron chi connectivity index (χ0n) is 14.5. The van der Waals surface area contributed by atoms with Crippen LogP contribution in [0.3, 0.4) is 0 Å².